The number of amides is 1. The fourth-order valence-electron chi connectivity index (χ4n) is 2.95. The van der Waals surface area contributed by atoms with Crippen molar-refractivity contribution in [1.29, 1.82) is 0 Å². The zero-order chi connectivity index (χ0) is 20.9. The van der Waals surface area contributed by atoms with Gasteiger partial charge in [-0.2, -0.15) is 0 Å². The lowest BCUT2D eigenvalue weighted by Gasteiger charge is -2.13. The second kappa shape index (κ2) is 9.12. The number of hydrogen-bond acceptors (Lipinski definition) is 7. The van der Waals surface area contributed by atoms with Crippen molar-refractivity contribution in [3.8, 4) is 11.5 Å². The van der Waals surface area contributed by atoms with E-state index in [0.29, 0.717) is 22.9 Å². The van der Waals surface area contributed by atoms with Gasteiger partial charge in [0.15, 0.2) is 6.61 Å². The first-order chi connectivity index (χ1) is 14.6. The Kier molecular flexibility index (Phi) is 6.13. The number of para-hydroxylation sites is 1. The van der Waals surface area contributed by atoms with E-state index in [1.165, 1.54) is 18.0 Å². The lowest BCUT2D eigenvalue weighted by atomic mass is 9.79. The highest BCUT2D eigenvalue weighted by Crippen LogP contribution is 2.31. The fourth-order valence-corrected chi connectivity index (χ4v) is 3.66. The predicted octanol–water partition coefficient (Wildman–Crippen LogP) is 2.75. The van der Waals surface area contributed by atoms with Gasteiger partial charge >= 0.3 is 7.12 Å². The Hall–Kier alpha value is -3.14. The number of fused-ring (bicyclic) bond motifs is 1. The Morgan fingerprint density at radius 1 is 1.13 bits per heavy atom. The molecule has 0 atom stereocenters. The molecule has 0 spiro atoms. The quantitative estimate of drug-likeness (QED) is 0.343. The van der Waals surface area contributed by atoms with Crippen LogP contribution >= 0.6 is 11.9 Å². The van der Waals surface area contributed by atoms with Crippen LogP contribution in [0.2, 0.25) is 0 Å². The average molecular weight is 422 g/mol. The normalized spacial score (nSPS) is 12.4. The Labute approximate surface area is 178 Å². The molecule has 9 heteroatoms. The van der Waals surface area contributed by atoms with Crippen LogP contribution in [0.1, 0.15) is 5.56 Å². The third-order valence-electron chi connectivity index (χ3n) is 4.44. The molecule has 0 saturated heterocycles. The van der Waals surface area contributed by atoms with Crippen LogP contribution in [0.3, 0.4) is 0 Å². The van der Waals surface area contributed by atoms with Crippen LogP contribution in [0.25, 0.3) is 0 Å². The van der Waals surface area contributed by atoms with Crippen LogP contribution in [0.4, 0.5) is 11.4 Å². The maximum absolute atomic E-state index is 12.3. The summed E-state index contributed by atoms with van der Waals surface area (Å²) in [5.41, 5.74) is 2.92. The molecule has 0 bridgehead atoms. The lowest BCUT2D eigenvalue weighted by molar-refractivity contribution is -0.118. The van der Waals surface area contributed by atoms with Crippen molar-refractivity contribution >= 4 is 41.8 Å². The van der Waals surface area contributed by atoms with E-state index in [1.807, 2.05) is 36.4 Å². The summed E-state index contributed by atoms with van der Waals surface area (Å²) in [7, 11) is -0.917. The van der Waals surface area contributed by atoms with Gasteiger partial charge in [-0.05, 0) is 59.4 Å². The number of phenols is 1. The highest BCUT2D eigenvalue weighted by Gasteiger charge is 2.27. The molecule has 4 N–H and O–H groups in total. The van der Waals surface area contributed by atoms with Gasteiger partial charge < -0.3 is 29.6 Å². The molecule has 0 radical (unpaired) electrons. The van der Waals surface area contributed by atoms with E-state index in [9.17, 15) is 14.9 Å². The van der Waals surface area contributed by atoms with Gasteiger partial charge in [-0.1, -0.05) is 24.3 Å². The minimum absolute atomic E-state index is 0.0384. The Morgan fingerprint density at radius 2 is 1.97 bits per heavy atom. The number of phenolic OH excluding ortho intramolecular Hbond substituents is 1. The number of carbonyl (C=O) groups excluding carboxylic acids is 1. The molecule has 3 aromatic carbocycles. The van der Waals surface area contributed by atoms with Crippen molar-refractivity contribution in [2.75, 3.05) is 16.6 Å². The van der Waals surface area contributed by atoms with E-state index in [4.69, 9.17) is 9.39 Å². The van der Waals surface area contributed by atoms with E-state index in [0.717, 1.165) is 16.7 Å². The Bertz CT molecular complexity index is 1050. The first-order valence-electron chi connectivity index (χ1n) is 9.24. The van der Waals surface area contributed by atoms with Gasteiger partial charge in [0.25, 0.3) is 5.91 Å². The van der Waals surface area contributed by atoms with Gasteiger partial charge in [0.2, 0.25) is 0 Å². The zero-order valence-corrected chi connectivity index (χ0v) is 16.7. The summed E-state index contributed by atoms with van der Waals surface area (Å²) >= 11 is 1.27. The smallest absolute Gasteiger partial charge is 0.491 e. The molecule has 0 unspecified atom stereocenters. The summed E-state index contributed by atoms with van der Waals surface area (Å²) in [6.07, 6.45) is 0. The van der Waals surface area contributed by atoms with Crippen LogP contribution in [0, 0.1) is 0 Å². The molecular weight excluding hydrogens is 403 g/mol. The first-order valence-corrected chi connectivity index (χ1v) is 10.1. The molecule has 1 aliphatic rings. The van der Waals surface area contributed by atoms with E-state index in [2.05, 4.69) is 10.0 Å². The van der Waals surface area contributed by atoms with E-state index < -0.39 is 7.12 Å². The number of hydrogen-bond donors (Lipinski definition) is 4. The number of carbonyl (C=O) groups is 1. The van der Waals surface area contributed by atoms with Crippen LogP contribution in [0.15, 0.2) is 71.6 Å². The Balaban J connectivity index is 1.40. The van der Waals surface area contributed by atoms with E-state index in [1.54, 1.807) is 24.3 Å². The maximum atomic E-state index is 12.3. The van der Waals surface area contributed by atoms with Gasteiger partial charge in [-0.3, -0.25) is 4.79 Å². The number of benzene rings is 3. The molecule has 1 aliphatic heterocycles. The fraction of sp³-hybridized carbons (Fsp3) is 0.0952. The minimum atomic E-state index is -0.917. The number of nitrogens with one attached hydrogen (secondary N) is 2. The molecule has 0 aliphatic carbocycles. The van der Waals surface area contributed by atoms with Crippen LogP contribution in [-0.4, -0.2) is 29.8 Å². The van der Waals surface area contributed by atoms with Crippen LogP contribution < -0.4 is 20.2 Å². The van der Waals surface area contributed by atoms with Gasteiger partial charge in [0.1, 0.15) is 11.5 Å². The van der Waals surface area contributed by atoms with Crippen molar-refractivity contribution < 1.29 is 24.3 Å². The van der Waals surface area contributed by atoms with Crippen molar-refractivity contribution in [3.05, 3.63) is 72.3 Å². The summed E-state index contributed by atoms with van der Waals surface area (Å²) < 4.78 is 13.9. The topological polar surface area (TPSA) is 100 Å². The molecular formula is C21H19BN2O5S. The largest absolute Gasteiger partial charge is 0.508 e. The molecule has 152 valence electrons. The molecule has 30 heavy (non-hydrogen) atoms. The molecule has 4 rings (SSSR count). The second-order valence-corrected chi connectivity index (χ2v) is 7.46. The Morgan fingerprint density at radius 3 is 2.80 bits per heavy atom. The van der Waals surface area contributed by atoms with Crippen molar-refractivity contribution in [1.82, 2.24) is 0 Å². The molecule has 0 aromatic heterocycles. The standard InChI is InChI=1S/C21H19BN2O5S/c25-16-8-9-20(30-24-15-7-6-14-12-29-22(27)18(14)10-15)19(11-16)23-21(26)13-28-17-4-2-1-3-5-17/h1-11,24-25,27H,12-13H2,(H,23,26). The third-order valence-corrected chi connectivity index (χ3v) is 5.35. The number of anilines is 2. The molecule has 0 fully saturated rings. The summed E-state index contributed by atoms with van der Waals surface area (Å²) in [6.45, 7) is 0.239. The monoisotopic (exact) mass is 422 g/mol. The van der Waals surface area contributed by atoms with Gasteiger partial charge in [0, 0.05) is 11.8 Å². The first kappa shape index (κ1) is 20.2. The maximum Gasteiger partial charge on any atom is 0.491 e. The SMILES string of the molecule is O=C(COc1ccccc1)Nc1cc(O)ccc1SNc1ccc2c(c1)B(O)OC2. The molecule has 7 nitrogen and oxygen atoms in total. The average Bonchev–Trinajstić information content (AvgIpc) is 3.13. The minimum Gasteiger partial charge on any atom is -0.508 e. The number of rotatable bonds is 7. The number of ether oxygens (including phenoxy) is 1. The molecule has 1 amide bonds. The van der Waals surface area contributed by atoms with Crippen LogP contribution in [-0.2, 0) is 16.1 Å². The summed E-state index contributed by atoms with van der Waals surface area (Å²) in [4.78, 5) is 13.0. The molecule has 1 heterocycles. The lowest BCUT2D eigenvalue weighted by Crippen LogP contribution is -2.28. The summed E-state index contributed by atoms with van der Waals surface area (Å²) in [5.74, 6) is 0.295. The second-order valence-electron chi connectivity index (χ2n) is 6.61. The molecule has 3 aromatic rings. The highest BCUT2D eigenvalue weighted by atomic mass is 32.2. The van der Waals surface area contributed by atoms with Gasteiger partial charge in [-0.15, -0.1) is 0 Å². The molecule has 0 saturated carbocycles. The third kappa shape index (κ3) is 4.88. The van der Waals surface area contributed by atoms with Gasteiger partial charge in [-0.25, -0.2) is 0 Å². The summed E-state index contributed by atoms with van der Waals surface area (Å²) in [6, 6.07) is 19.4. The van der Waals surface area contributed by atoms with Crippen molar-refractivity contribution in [3.63, 3.8) is 0 Å². The van der Waals surface area contributed by atoms with Crippen molar-refractivity contribution in [2.24, 2.45) is 0 Å². The van der Waals surface area contributed by atoms with E-state index >= 15 is 0 Å². The number of aromatic hydroxyl groups is 1. The van der Waals surface area contributed by atoms with Crippen molar-refractivity contribution in [2.45, 2.75) is 11.5 Å². The van der Waals surface area contributed by atoms with Crippen LogP contribution in [0.5, 0.6) is 11.5 Å². The summed E-state index contributed by atoms with van der Waals surface area (Å²) in [5, 5.41) is 22.4. The highest BCUT2D eigenvalue weighted by molar-refractivity contribution is 8.00. The zero-order valence-electron chi connectivity index (χ0n) is 15.9. The van der Waals surface area contributed by atoms with E-state index in [-0.39, 0.29) is 18.3 Å². The predicted molar refractivity (Wildman–Crippen MR) is 117 cm³/mol. The van der Waals surface area contributed by atoms with Gasteiger partial charge in [0.05, 0.1) is 17.2 Å².